The number of ether oxygens (including phenoxy) is 1. The molecule has 0 saturated carbocycles. The van der Waals surface area contributed by atoms with Gasteiger partial charge in [0.1, 0.15) is 17.5 Å². The molecule has 9 heteroatoms. The molecule has 0 unspecified atom stereocenters. The number of carbonyl (C=O) groups excluding carboxylic acids is 1. The lowest BCUT2D eigenvalue weighted by Gasteiger charge is -2.24. The maximum Gasteiger partial charge on any atom is 0.233 e. The molecular formula is C18H15F2N5O2. The summed E-state index contributed by atoms with van der Waals surface area (Å²) < 4.78 is 35.1. The monoisotopic (exact) mass is 371 g/mol. The molecule has 0 saturated heterocycles. The van der Waals surface area contributed by atoms with Crippen LogP contribution in [0, 0.1) is 18.6 Å². The predicted octanol–water partition coefficient (Wildman–Crippen LogP) is 2.73. The van der Waals surface area contributed by atoms with E-state index in [1.807, 2.05) is 0 Å². The van der Waals surface area contributed by atoms with E-state index < -0.39 is 17.6 Å². The van der Waals surface area contributed by atoms with E-state index in [2.05, 4.69) is 20.6 Å². The summed E-state index contributed by atoms with van der Waals surface area (Å²) in [5, 5.41) is 15.0. The highest BCUT2D eigenvalue weighted by atomic mass is 19.1. The Balaban J connectivity index is 1.88. The van der Waals surface area contributed by atoms with Gasteiger partial charge in [0.05, 0.1) is 12.8 Å². The van der Waals surface area contributed by atoms with Crippen molar-refractivity contribution in [1.82, 2.24) is 20.0 Å². The molecule has 27 heavy (non-hydrogen) atoms. The van der Waals surface area contributed by atoms with Gasteiger partial charge in [-0.1, -0.05) is 6.07 Å². The summed E-state index contributed by atoms with van der Waals surface area (Å²) in [6, 6.07) is 6.88. The number of nitrogens with one attached hydrogen (secondary N) is 1. The molecule has 0 radical (unpaired) electrons. The zero-order chi connectivity index (χ0) is 19.1. The second-order valence-electron chi connectivity index (χ2n) is 6.13. The quantitative estimate of drug-likeness (QED) is 0.766. The largest absolute Gasteiger partial charge is 0.480 e. The maximum absolute atomic E-state index is 14.4. The van der Waals surface area contributed by atoms with Gasteiger partial charge in [0.15, 0.2) is 5.82 Å². The summed E-state index contributed by atoms with van der Waals surface area (Å²) in [5.74, 6) is -1.54. The number of anilines is 1. The second-order valence-corrected chi connectivity index (χ2v) is 6.13. The number of hydrogen-bond acceptors (Lipinski definition) is 5. The molecule has 3 aromatic rings. The number of nitrogens with zero attached hydrogens (tertiary/aromatic N) is 4. The first kappa shape index (κ1) is 17.1. The molecule has 2 aromatic heterocycles. The Morgan fingerprint density at radius 2 is 1.89 bits per heavy atom. The molecule has 1 aliphatic rings. The van der Waals surface area contributed by atoms with Gasteiger partial charge in [0, 0.05) is 29.5 Å². The van der Waals surface area contributed by atoms with E-state index in [1.54, 1.807) is 19.1 Å². The molecule has 0 fully saturated rings. The van der Waals surface area contributed by atoms with E-state index in [9.17, 15) is 13.6 Å². The van der Waals surface area contributed by atoms with Crippen LogP contribution in [0.15, 0.2) is 30.3 Å². The van der Waals surface area contributed by atoms with Crippen molar-refractivity contribution in [3.8, 4) is 11.7 Å². The predicted molar refractivity (Wildman–Crippen MR) is 91.9 cm³/mol. The Kier molecular flexibility index (Phi) is 4.06. The van der Waals surface area contributed by atoms with Gasteiger partial charge in [-0.05, 0) is 25.1 Å². The van der Waals surface area contributed by atoms with Crippen LogP contribution in [0.3, 0.4) is 0 Å². The first-order valence-corrected chi connectivity index (χ1v) is 8.21. The van der Waals surface area contributed by atoms with Crippen LogP contribution in [-0.4, -0.2) is 33.0 Å². The van der Waals surface area contributed by atoms with Crippen molar-refractivity contribution in [1.29, 1.82) is 0 Å². The van der Waals surface area contributed by atoms with Gasteiger partial charge >= 0.3 is 0 Å². The average Bonchev–Trinajstić information content (AvgIpc) is 2.98. The van der Waals surface area contributed by atoms with E-state index in [1.165, 1.54) is 30.0 Å². The third-order valence-electron chi connectivity index (χ3n) is 4.50. The molecule has 0 spiro atoms. The molecule has 4 rings (SSSR count). The summed E-state index contributed by atoms with van der Waals surface area (Å²) >= 11 is 0. The Morgan fingerprint density at radius 1 is 1.15 bits per heavy atom. The third-order valence-corrected chi connectivity index (χ3v) is 4.50. The molecule has 7 nitrogen and oxygen atoms in total. The number of methoxy groups -OCH3 is 1. The summed E-state index contributed by atoms with van der Waals surface area (Å²) in [6.07, 6.45) is -0.0777. The fourth-order valence-corrected chi connectivity index (χ4v) is 3.34. The van der Waals surface area contributed by atoms with Crippen LogP contribution in [0.5, 0.6) is 5.88 Å². The van der Waals surface area contributed by atoms with Crippen LogP contribution in [0.4, 0.5) is 14.6 Å². The first-order valence-electron chi connectivity index (χ1n) is 8.21. The fourth-order valence-electron chi connectivity index (χ4n) is 3.34. The molecule has 3 heterocycles. The third kappa shape index (κ3) is 2.80. The minimum absolute atomic E-state index is 0.0777. The minimum atomic E-state index is -0.782. The van der Waals surface area contributed by atoms with E-state index in [0.29, 0.717) is 28.8 Å². The summed E-state index contributed by atoms with van der Waals surface area (Å²) in [5.41, 5.74) is 0.948. The Hall–Kier alpha value is -3.36. The normalized spacial score (nSPS) is 16.0. The highest BCUT2D eigenvalue weighted by Crippen LogP contribution is 2.41. The van der Waals surface area contributed by atoms with Crippen LogP contribution < -0.4 is 10.1 Å². The molecule has 138 valence electrons. The molecule has 1 N–H and O–H groups in total. The number of carbonyl (C=O) groups is 1. The number of hydrogen-bond donors (Lipinski definition) is 1. The van der Waals surface area contributed by atoms with Gasteiger partial charge in [-0.15, -0.1) is 10.2 Å². The number of rotatable bonds is 3. The van der Waals surface area contributed by atoms with E-state index >= 15 is 0 Å². The lowest BCUT2D eigenvalue weighted by Crippen LogP contribution is -2.26. The molecule has 0 aliphatic carbocycles. The van der Waals surface area contributed by atoms with Gasteiger partial charge in [-0.25, -0.2) is 8.78 Å². The Labute approximate surface area is 153 Å². The number of amides is 1. The van der Waals surface area contributed by atoms with Crippen molar-refractivity contribution in [3.05, 3.63) is 58.8 Å². The number of aryl methyl sites for hydroxylation is 1. The van der Waals surface area contributed by atoms with E-state index in [0.717, 1.165) is 0 Å². The summed E-state index contributed by atoms with van der Waals surface area (Å²) in [4.78, 5) is 12.3. The zero-order valence-electron chi connectivity index (χ0n) is 14.5. The molecule has 1 atom stereocenters. The van der Waals surface area contributed by atoms with Crippen LogP contribution in [0.25, 0.3) is 5.82 Å². The average molecular weight is 371 g/mol. The van der Waals surface area contributed by atoms with Crippen LogP contribution >= 0.6 is 0 Å². The smallest absolute Gasteiger partial charge is 0.233 e. The Morgan fingerprint density at radius 3 is 2.52 bits per heavy atom. The second kappa shape index (κ2) is 6.42. The van der Waals surface area contributed by atoms with Crippen molar-refractivity contribution in [3.63, 3.8) is 0 Å². The lowest BCUT2D eigenvalue weighted by molar-refractivity contribution is -0.116. The zero-order valence-corrected chi connectivity index (χ0v) is 14.5. The minimum Gasteiger partial charge on any atom is -0.480 e. The molecule has 1 aromatic carbocycles. The van der Waals surface area contributed by atoms with E-state index in [4.69, 9.17) is 4.74 Å². The van der Waals surface area contributed by atoms with Gasteiger partial charge in [0.2, 0.25) is 11.8 Å². The number of benzene rings is 1. The van der Waals surface area contributed by atoms with Crippen molar-refractivity contribution in [2.24, 2.45) is 0 Å². The van der Waals surface area contributed by atoms with E-state index in [-0.39, 0.29) is 17.9 Å². The topological polar surface area (TPSA) is 81.9 Å². The molecule has 0 bridgehead atoms. The Bertz CT molecular complexity index is 1010. The van der Waals surface area contributed by atoms with Crippen molar-refractivity contribution >= 4 is 11.7 Å². The summed E-state index contributed by atoms with van der Waals surface area (Å²) in [6.45, 7) is 1.72. The number of aromatic nitrogens is 4. The lowest BCUT2D eigenvalue weighted by atomic mass is 9.85. The van der Waals surface area contributed by atoms with Gasteiger partial charge in [0.25, 0.3) is 0 Å². The maximum atomic E-state index is 14.4. The van der Waals surface area contributed by atoms with Gasteiger partial charge < -0.3 is 10.1 Å². The fraction of sp³-hybridized carbons (Fsp3) is 0.222. The standard InChI is InChI=1S/C18H15F2N5O2/c1-9-16-10(17-11(19)4-3-5-12(17)20)8-14(26)21-18(16)25(24-9)13-6-7-15(27-2)23-22-13/h3-7,10H,8H2,1-2H3,(H,21,26)/t10-/m1/s1. The summed E-state index contributed by atoms with van der Waals surface area (Å²) in [7, 11) is 1.47. The van der Waals surface area contributed by atoms with Gasteiger partial charge in [-0.2, -0.15) is 9.78 Å². The SMILES string of the molecule is COc1ccc(-n2nc(C)c3c2NC(=O)C[C@H]3c2c(F)cccc2F)nn1. The number of halogens is 2. The van der Waals surface area contributed by atoms with Crippen molar-refractivity contribution in [2.45, 2.75) is 19.3 Å². The molecule has 1 amide bonds. The van der Waals surface area contributed by atoms with Crippen LogP contribution in [0.2, 0.25) is 0 Å². The van der Waals surface area contributed by atoms with Crippen LogP contribution in [-0.2, 0) is 4.79 Å². The van der Waals surface area contributed by atoms with Crippen LogP contribution in [0.1, 0.15) is 29.2 Å². The molecular weight excluding hydrogens is 356 g/mol. The van der Waals surface area contributed by atoms with Crippen molar-refractivity contribution < 1.29 is 18.3 Å². The molecule has 1 aliphatic heterocycles. The highest BCUT2D eigenvalue weighted by Gasteiger charge is 2.35. The number of fused-ring (bicyclic) bond motifs is 1. The van der Waals surface area contributed by atoms with Gasteiger partial charge in [-0.3, -0.25) is 4.79 Å². The van der Waals surface area contributed by atoms with Crippen molar-refractivity contribution in [2.75, 3.05) is 12.4 Å². The first-order chi connectivity index (χ1) is 13.0. The highest BCUT2D eigenvalue weighted by molar-refractivity contribution is 5.95.